The second-order valence-electron chi connectivity index (χ2n) is 6.41. The number of benzene rings is 1. The quantitative estimate of drug-likeness (QED) is 0.363. The van der Waals surface area contributed by atoms with Crippen LogP contribution >= 0.6 is 24.0 Å². The molecule has 1 aromatic carbocycles. The van der Waals surface area contributed by atoms with Crippen LogP contribution in [0.15, 0.2) is 53.7 Å². The Morgan fingerprint density at radius 1 is 1.17 bits per heavy atom. The normalized spacial score (nSPS) is 14.6. The van der Waals surface area contributed by atoms with Gasteiger partial charge in [0, 0.05) is 46.0 Å². The molecule has 9 heteroatoms. The van der Waals surface area contributed by atoms with Crippen molar-refractivity contribution in [3.8, 4) is 5.75 Å². The largest absolute Gasteiger partial charge is 0.488 e. The monoisotopic (exact) mass is 517 g/mol. The van der Waals surface area contributed by atoms with E-state index < -0.39 is 13.0 Å². The first-order valence-electron chi connectivity index (χ1n) is 9.27. The molecule has 29 heavy (non-hydrogen) atoms. The van der Waals surface area contributed by atoms with Gasteiger partial charge in [0.2, 0.25) is 0 Å². The van der Waals surface area contributed by atoms with Gasteiger partial charge in [-0.2, -0.15) is 0 Å². The van der Waals surface area contributed by atoms with E-state index in [1.165, 1.54) is 0 Å². The summed E-state index contributed by atoms with van der Waals surface area (Å²) in [6.45, 7) is 3.36. The number of hydrogen-bond acceptors (Lipinski definition) is 4. The van der Waals surface area contributed by atoms with Gasteiger partial charge in [-0.3, -0.25) is 4.99 Å². The third-order valence-corrected chi connectivity index (χ3v) is 4.49. The zero-order valence-electron chi connectivity index (χ0n) is 16.3. The van der Waals surface area contributed by atoms with Crippen LogP contribution in [0.2, 0.25) is 0 Å². The van der Waals surface area contributed by atoms with Gasteiger partial charge in [-0.05, 0) is 29.8 Å². The van der Waals surface area contributed by atoms with Crippen LogP contribution < -0.4 is 15.0 Å². The topological polar surface area (TPSA) is 53.0 Å². The minimum absolute atomic E-state index is 0. The van der Waals surface area contributed by atoms with E-state index in [9.17, 15) is 8.78 Å². The lowest BCUT2D eigenvalue weighted by atomic mass is 10.2. The number of halogens is 3. The second kappa shape index (κ2) is 11.7. The van der Waals surface area contributed by atoms with Crippen LogP contribution in [-0.2, 0) is 6.54 Å². The molecule has 1 N–H and O–H groups in total. The Hall–Kier alpha value is -2.17. The van der Waals surface area contributed by atoms with Gasteiger partial charge >= 0.3 is 0 Å². The highest BCUT2D eigenvalue weighted by molar-refractivity contribution is 14.0. The molecule has 0 saturated carbocycles. The maximum atomic E-state index is 12.3. The summed E-state index contributed by atoms with van der Waals surface area (Å²) in [5.41, 5.74) is 0.944. The van der Waals surface area contributed by atoms with E-state index in [1.807, 2.05) is 24.3 Å². The molecule has 1 saturated heterocycles. The second-order valence-corrected chi connectivity index (χ2v) is 6.41. The Balaban J connectivity index is 0.00000300. The van der Waals surface area contributed by atoms with Crippen LogP contribution in [0.4, 0.5) is 14.6 Å². The molecule has 158 valence electrons. The van der Waals surface area contributed by atoms with Crippen LogP contribution in [0.5, 0.6) is 5.75 Å². The predicted molar refractivity (Wildman–Crippen MR) is 122 cm³/mol. The Kier molecular flexibility index (Phi) is 9.36. The molecular weight excluding hydrogens is 491 g/mol. The number of pyridine rings is 1. The van der Waals surface area contributed by atoms with Crippen LogP contribution in [0.3, 0.4) is 0 Å². The molecular formula is C20H26F2IN5O. The van der Waals surface area contributed by atoms with Gasteiger partial charge in [-0.25, -0.2) is 13.8 Å². The molecule has 1 aliphatic heterocycles. The molecule has 1 fully saturated rings. The van der Waals surface area contributed by atoms with Crippen LogP contribution in [0.25, 0.3) is 0 Å². The lowest BCUT2D eigenvalue weighted by Gasteiger charge is -2.37. The maximum absolute atomic E-state index is 12.3. The highest BCUT2D eigenvalue weighted by Crippen LogP contribution is 2.15. The van der Waals surface area contributed by atoms with E-state index in [0.29, 0.717) is 12.3 Å². The van der Waals surface area contributed by atoms with Gasteiger partial charge in [-0.1, -0.05) is 18.2 Å². The third kappa shape index (κ3) is 6.98. The van der Waals surface area contributed by atoms with Gasteiger partial charge in [0.05, 0.1) is 0 Å². The summed E-state index contributed by atoms with van der Waals surface area (Å²) in [6.07, 6.45) is -0.674. The number of piperazine rings is 1. The van der Waals surface area contributed by atoms with Gasteiger partial charge in [0.25, 0.3) is 6.43 Å². The molecule has 3 rings (SSSR count). The lowest BCUT2D eigenvalue weighted by molar-refractivity contribution is 0.0818. The Morgan fingerprint density at radius 3 is 2.62 bits per heavy atom. The average molecular weight is 517 g/mol. The van der Waals surface area contributed by atoms with E-state index in [0.717, 1.165) is 43.5 Å². The first-order valence-corrected chi connectivity index (χ1v) is 9.27. The SMILES string of the molecule is CN=C(NCc1cccc(OCC(F)F)c1)N1CCN(c2ccccn2)CC1.I. The van der Waals surface area contributed by atoms with Crippen LogP contribution in [-0.4, -0.2) is 62.1 Å². The number of anilines is 1. The van der Waals surface area contributed by atoms with Crippen molar-refractivity contribution in [3.63, 3.8) is 0 Å². The predicted octanol–water partition coefficient (Wildman–Crippen LogP) is 3.24. The number of nitrogens with one attached hydrogen (secondary N) is 1. The molecule has 0 unspecified atom stereocenters. The van der Waals surface area contributed by atoms with E-state index in [2.05, 4.69) is 25.1 Å². The van der Waals surface area contributed by atoms with Crippen molar-refractivity contribution in [2.24, 2.45) is 4.99 Å². The molecule has 1 aromatic heterocycles. The van der Waals surface area contributed by atoms with E-state index in [4.69, 9.17) is 4.74 Å². The summed E-state index contributed by atoms with van der Waals surface area (Å²) < 4.78 is 29.7. The summed E-state index contributed by atoms with van der Waals surface area (Å²) in [5, 5.41) is 3.34. The van der Waals surface area contributed by atoms with Crippen LogP contribution in [0, 0.1) is 0 Å². The fraction of sp³-hybridized carbons (Fsp3) is 0.400. The van der Waals surface area contributed by atoms with Crippen molar-refractivity contribution in [1.29, 1.82) is 0 Å². The third-order valence-electron chi connectivity index (χ3n) is 4.49. The minimum atomic E-state index is -2.48. The number of alkyl halides is 2. The maximum Gasteiger partial charge on any atom is 0.272 e. The molecule has 6 nitrogen and oxygen atoms in total. The Bertz CT molecular complexity index is 770. The number of hydrogen-bond donors (Lipinski definition) is 1. The zero-order valence-corrected chi connectivity index (χ0v) is 18.6. The van der Waals surface area contributed by atoms with E-state index in [1.54, 1.807) is 31.4 Å². The van der Waals surface area contributed by atoms with Crippen molar-refractivity contribution >= 4 is 35.8 Å². The molecule has 0 aliphatic carbocycles. The average Bonchev–Trinajstić information content (AvgIpc) is 2.74. The molecule has 0 bridgehead atoms. The number of aliphatic imine (C=N–C) groups is 1. The van der Waals surface area contributed by atoms with Gasteiger partial charge in [-0.15, -0.1) is 24.0 Å². The van der Waals surface area contributed by atoms with Crippen molar-refractivity contribution < 1.29 is 13.5 Å². The molecule has 1 aliphatic rings. The summed E-state index contributed by atoms with van der Waals surface area (Å²) in [7, 11) is 1.76. The first-order chi connectivity index (χ1) is 13.7. The molecule has 2 aromatic rings. The van der Waals surface area contributed by atoms with Gasteiger partial charge in [0.1, 0.15) is 18.2 Å². The summed E-state index contributed by atoms with van der Waals surface area (Å²) in [6, 6.07) is 13.1. The van der Waals surface area contributed by atoms with Crippen LogP contribution in [0.1, 0.15) is 5.56 Å². The smallest absolute Gasteiger partial charge is 0.272 e. The fourth-order valence-electron chi connectivity index (χ4n) is 3.11. The Labute approximate surface area is 187 Å². The van der Waals surface area contributed by atoms with E-state index in [-0.39, 0.29) is 24.0 Å². The van der Waals surface area contributed by atoms with Crippen molar-refractivity contribution in [1.82, 2.24) is 15.2 Å². The number of guanidine groups is 1. The van der Waals surface area contributed by atoms with Crippen molar-refractivity contribution in [2.45, 2.75) is 13.0 Å². The van der Waals surface area contributed by atoms with Gasteiger partial charge in [0.15, 0.2) is 5.96 Å². The molecule has 0 amide bonds. The fourth-order valence-corrected chi connectivity index (χ4v) is 3.11. The zero-order chi connectivity index (χ0) is 19.8. The summed E-state index contributed by atoms with van der Waals surface area (Å²) in [4.78, 5) is 13.2. The first kappa shape index (κ1) is 23.1. The highest BCUT2D eigenvalue weighted by atomic mass is 127. The lowest BCUT2D eigenvalue weighted by Crippen LogP contribution is -2.52. The number of aromatic nitrogens is 1. The number of ether oxygens (including phenoxy) is 1. The number of rotatable bonds is 6. The standard InChI is InChI=1S/C20H25F2N5O.HI/c1-23-20(25-14-16-5-4-6-17(13-16)28-15-18(21)22)27-11-9-26(10-12-27)19-7-2-3-8-24-19;/h2-8,13,18H,9-12,14-15H2,1H3,(H,23,25);1H. The minimum Gasteiger partial charge on any atom is -0.488 e. The molecule has 0 atom stereocenters. The molecule has 2 heterocycles. The summed E-state index contributed by atoms with van der Waals surface area (Å²) >= 11 is 0. The van der Waals surface area contributed by atoms with E-state index >= 15 is 0 Å². The number of nitrogens with zero attached hydrogens (tertiary/aromatic N) is 4. The summed E-state index contributed by atoms with van der Waals surface area (Å²) in [5.74, 6) is 2.25. The van der Waals surface area contributed by atoms with Gasteiger partial charge < -0.3 is 19.9 Å². The highest BCUT2D eigenvalue weighted by Gasteiger charge is 2.20. The van der Waals surface area contributed by atoms with Crippen molar-refractivity contribution in [3.05, 3.63) is 54.2 Å². The van der Waals surface area contributed by atoms with Crippen molar-refractivity contribution in [2.75, 3.05) is 44.7 Å². The molecule has 0 spiro atoms. The Morgan fingerprint density at radius 2 is 1.97 bits per heavy atom. The molecule has 0 radical (unpaired) electrons.